The van der Waals surface area contributed by atoms with Gasteiger partial charge in [0.25, 0.3) is 0 Å². The number of benzene rings is 1. The van der Waals surface area contributed by atoms with Gasteiger partial charge >= 0.3 is 5.63 Å². The number of hydrogen-bond acceptors (Lipinski definition) is 4. The van der Waals surface area contributed by atoms with E-state index in [0.717, 1.165) is 11.8 Å². The van der Waals surface area contributed by atoms with Crippen LogP contribution in [0, 0.1) is 5.92 Å². The summed E-state index contributed by atoms with van der Waals surface area (Å²) < 4.78 is 5.03. The number of amides is 1. The third kappa shape index (κ3) is 3.05. The summed E-state index contributed by atoms with van der Waals surface area (Å²) in [6, 6.07) is 7.56. The Bertz CT molecular complexity index is 678. The largest absolute Gasteiger partial charge is 0.423 e. The van der Waals surface area contributed by atoms with E-state index in [1.165, 1.54) is 6.07 Å². The molecule has 2 unspecified atom stereocenters. The molecule has 0 saturated carbocycles. The Morgan fingerprint density at radius 2 is 2.10 bits per heavy atom. The number of carbonyl (C=O) groups excluding carboxylic acids is 1. The van der Waals surface area contributed by atoms with Gasteiger partial charge in [0, 0.05) is 17.1 Å². The topological polar surface area (TPSA) is 85.3 Å². The molecule has 0 fully saturated rings. The molecule has 1 amide bonds. The van der Waals surface area contributed by atoms with Crippen molar-refractivity contribution in [3.05, 3.63) is 40.8 Å². The molecule has 0 spiro atoms. The lowest BCUT2D eigenvalue weighted by Crippen LogP contribution is -2.40. The predicted molar refractivity (Wildman–Crippen MR) is 78.5 cm³/mol. The Morgan fingerprint density at radius 3 is 2.80 bits per heavy atom. The van der Waals surface area contributed by atoms with Crippen LogP contribution in [-0.2, 0) is 4.79 Å². The number of fused-ring (bicyclic) bond motifs is 1. The van der Waals surface area contributed by atoms with Crippen molar-refractivity contribution in [2.45, 2.75) is 26.3 Å². The summed E-state index contributed by atoms with van der Waals surface area (Å²) >= 11 is 0. The minimum atomic E-state index is -0.538. The zero-order valence-corrected chi connectivity index (χ0v) is 11.6. The van der Waals surface area contributed by atoms with Gasteiger partial charge in [-0.25, -0.2) is 4.79 Å². The van der Waals surface area contributed by atoms with Crippen molar-refractivity contribution in [1.29, 1.82) is 0 Å². The van der Waals surface area contributed by atoms with Crippen LogP contribution in [0.2, 0.25) is 0 Å². The van der Waals surface area contributed by atoms with Crippen LogP contribution in [0.15, 0.2) is 39.5 Å². The fourth-order valence-electron chi connectivity index (χ4n) is 1.89. The lowest BCUT2D eigenvalue weighted by Gasteiger charge is -2.17. The first kappa shape index (κ1) is 14.3. The molecule has 0 bridgehead atoms. The minimum Gasteiger partial charge on any atom is -0.423 e. The van der Waals surface area contributed by atoms with Crippen molar-refractivity contribution in [3.63, 3.8) is 0 Å². The maximum atomic E-state index is 12.0. The van der Waals surface area contributed by atoms with Gasteiger partial charge in [-0.05, 0) is 30.2 Å². The molecule has 3 N–H and O–H groups in total. The highest BCUT2D eigenvalue weighted by molar-refractivity contribution is 5.96. The SMILES string of the molecule is CCC(C)C(N)C(=O)Nc1ccc2oc(=O)ccc2c1. The first-order chi connectivity index (χ1) is 9.51. The number of rotatable bonds is 4. The molecule has 1 aromatic heterocycles. The van der Waals surface area contributed by atoms with Gasteiger partial charge in [0.1, 0.15) is 5.58 Å². The Kier molecular flexibility index (Phi) is 4.20. The van der Waals surface area contributed by atoms with Gasteiger partial charge < -0.3 is 15.5 Å². The van der Waals surface area contributed by atoms with E-state index in [0.29, 0.717) is 11.3 Å². The molecular formula is C15H18N2O3. The van der Waals surface area contributed by atoms with Gasteiger partial charge in [-0.3, -0.25) is 4.79 Å². The molecule has 0 radical (unpaired) electrons. The second-order valence-corrected chi connectivity index (χ2v) is 4.91. The van der Waals surface area contributed by atoms with Gasteiger partial charge in [-0.1, -0.05) is 20.3 Å². The third-order valence-corrected chi connectivity index (χ3v) is 3.45. The van der Waals surface area contributed by atoms with E-state index in [1.807, 2.05) is 13.8 Å². The van der Waals surface area contributed by atoms with Gasteiger partial charge in [-0.2, -0.15) is 0 Å². The molecule has 2 aromatic rings. The number of hydrogen-bond donors (Lipinski definition) is 2. The molecule has 0 aliphatic rings. The monoisotopic (exact) mass is 274 g/mol. The lowest BCUT2D eigenvalue weighted by atomic mass is 9.99. The number of carbonyl (C=O) groups is 1. The van der Waals surface area contributed by atoms with E-state index in [2.05, 4.69) is 5.32 Å². The summed E-state index contributed by atoms with van der Waals surface area (Å²) in [5.41, 5.74) is 6.61. The molecule has 0 aliphatic heterocycles. The van der Waals surface area contributed by atoms with E-state index in [9.17, 15) is 9.59 Å². The number of nitrogens with two attached hydrogens (primary N) is 1. The summed E-state index contributed by atoms with van der Waals surface area (Å²) in [6.07, 6.45) is 0.845. The summed E-state index contributed by atoms with van der Waals surface area (Å²) in [7, 11) is 0. The van der Waals surface area contributed by atoms with Crippen LogP contribution in [0.5, 0.6) is 0 Å². The maximum absolute atomic E-state index is 12.0. The molecule has 0 saturated heterocycles. The van der Waals surface area contributed by atoms with Gasteiger partial charge in [0.2, 0.25) is 5.91 Å². The molecule has 0 aliphatic carbocycles. The van der Waals surface area contributed by atoms with Crippen LogP contribution in [0.3, 0.4) is 0 Å². The molecular weight excluding hydrogens is 256 g/mol. The quantitative estimate of drug-likeness (QED) is 0.836. The molecule has 2 rings (SSSR count). The number of nitrogens with one attached hydrogen (secondary N) is 1. The van der Waals surface area contributed by atoms with Crippen molar-refractivity contribution in [2.75, 3.05) is 5.32 Å². The maximum Gasteiger partial charge on any atom is 0.336 e. The number of anilines is 1. The highest BCUT2D eigenvalue weighted by atomic mass is 16.4. The molecule has 20 heavy (non-hydrogen) atoms. The van der Waals surface area contributed by atoms with Crippen molar-refractivity contribution < 1.29 is 9.21 Å². The fourth-order valence-corrected chi connectivity index (χ4v) is 1.89. The molecule has 1 heterocycles. The van der Waals surface area contributed by atoms with Gasteiger partial charge in [0.05, 0.1) is 6.04 Å². The Hall–Kier alpha value is -2.14. The minimum absolute atomic E-state index is 0.119. The van der Waals surface area contributed by atoms with Gasteiger partial charge in [-0.15, -0.1) is 0 Å². The van der Waals surface area contributed by atoms with E-state index >= 15 is 0 Å². The summed E-state index contributed by atoms with van der Waals surface area (Å²) in [5.74, 6) is -0.0930. The average Bonchev–Trinajstić information content (AvgIpc) is 2.45. The van der Waals surface area contributed by atoms with Crippen molar-refractivity contribution >= 4 is 22.6 Å². The van der Waals surface area contributed by atoms with E-state index in [1.54, 1.807) is 24.3 Å². The standard InChI is InChI=1S/C15H18N2O3/c1-3-9(2)14(16)15(19)17-11-5-6-12-10(8-11)4-7-13(18)20-12/h4-9,14H,3,16H2,1-2H3,(H,17,19). The average molecular weight is 274 g/mol. The van der Waals surface area contributed by atoms with E-state index < -0.39 is 11.7 Å². The Labute approximate surface area is 116 Å². The lowest BCUT2D eigenvalue weighted by molar-refractivity contribution is -0.118. The Balaban J connectivity index is 2.20. The van der Waals surface area contributed by atoms with Crippen molar-refractivity contribution in [1.82, 2.24) is 0 Å². The first-order valence-corrected chi connectivity index (χ1v) is 6.61. The molecule has 2 atom stereocenters. The second kappa shape index (κ2) is 5.88. The predicted octanol–water partition coefficient (Wildman–Crippen LogP) is 2.10. The van der Waals surface area contributed by atoms with Gasteiger partial charge in [0.15, 0.2) is 0 Å². The fraction of sp³-hybridized carbons (Fsp3) is 0.333. The van der Waals surface area contributed by atoms with Crippen LogP contribution in [0.4, 0.5) is 5.69 Å². The first-order valence-electron chi connectivity index (χ1n) is 6.61. The molecule has 5 heteroatoms. The van der Waals surface area contributed by atoms with E-state index in [4.69, 9.17) is 10.2 Å². The van der Waals surface area contributed by atoms with Crippen LogP contribution in [0.1, 0.15) is 20.3 Å². The molecule has 1 aromatic carbocycles. The third-order valence-electron chi connectivity index (χ3n) is 3.45. The molecule has 106 valence electrons. The van der Waals surface area contributed by atoms with Crippen molar-refractivity contribution in [2.24, 2.45) is 11.7 Å². The zero-order chi connectivity index (χ0) is 14.7. The summed E-state index contributed by atoms with van der Waals surface area (Å²) in [4.78, 5) is 23.1. The Morgan fingerprint density at radius 1 is 1.35 bits per heavy atom. The summed E-state index contributed by atoms with van der Waals surface area (Å²) in [6.45, 7) is 3.94. The molecule has 5 nitrogen and oxygen atoms in total. The summed E-state index contributed by atoms with van der Waals surface area (Å²) in [5, 5.41) is 3.53. The van der Waals surface area contributed by atoms with Crippen LogP contribution < -0.4 is 16.7 Å². The highest BCUT2D eigenvalue weighted by Crippen LogP contribution is 2.18. The van der Waals surface area contributed by atoms with E-state index in [-0.39, 0.29) is 11.8 Å². The normalized spacial score (nSPS) is 13.9. The van der Waals surface area contributed by atoms with Crippen LogP contribution in [0.25, 0.3) is 11.0 Å². The highest BCUT2D eigenvalue weighted by Gasteiger charge is 2.19. The zero-order valence-electron chi connectivity index (χ0n) is 11.6. The second-order valence-electron chi connectivity index (χ2n) is 4.91. The van der Waals surface area contributed by atoms with Crippen LogP contribution in [-0.4, -0.2) is 11.9 Å². The smallest absolute Gasteiger partial charge is 0.336 e. The van der Waals surface area contributed by atoms with Crippen molar-refractivity contribution in [3.8, 4) is 0 Å². The van der Waals surface area contributed by atoms with Crippen LogP contribution >= 0.6 is 0 Å².